The summed E-state index contributed by atoms with van der Waals surface area (Å²) >= 11 is 0. The van der Waals surface area contributed by atoms with Crippen LogP contribution in [0.15, 0.2) is 30.9 Å². The van der Waals surface area contributed by atoms with Gasteiger partial charge in [0.25, 0.3) is 0 Å². The van der Waals surface area contributed by atoms with Crippen molar-refractivity contribution < 1.29 is 15.3 Å². The molecule has 4 nitrogen and oxygen atoms in total. The zero-order valence-electron chi connectivity index (χ0n) is 8.35. The van der Waals surface area contributed by atoms with Gasteiger partial charge < -0.3 is 20.6 Å². The molecule has 0 saturated carbocycles. The van der Waals surface area contributed by atoms with Crippen LogP contribution in [0.25, 0.3) is 0 Å². The molecular weight excluding hydrogens is 194 g/mol. The monoisotopic (exact) mass is 209 g/mol. The number of benzene rings is 1. The molecule has 1 atom stereocenters. The number of phenolic OH excluding ortho intramolecular Hbond substituents is 2. The van der Waals surface area contributed by atoms with E-state index in [4.69, 9.17) is 0 Å². The second-order valence-corrected chi connectivity index (χ2v) is 3.25. The SMILES string of the molecule is C=CCNCC(O)c1cc(O)cc(O)c1. The number of rotatable bonds is 5. The number of hydrogen-bond acceptors (Lipinski definition) is 4. The van der Waals surface area contributed by atoms with E-state index in [0.717, 1.165) is 0 Å². The number of hydrogen-bond donors (Lipinski definition) is 4. The molecular formula is C11H15NO3. The molecule has 0 fully saturated rings. The van der Waals surface area contributed by atoms with Gasteiger partial charge in [-0.25, -0.2) is 0 Å². The average Bonchev–Trinajstić information content (AvgIpc) is 2.16. The number of phenols is 2. The Morgan fingerprint density at radius 2 is 1.87 bits per heavy atom. The van der Waals surface area contributed by atoms with Crippen LogP contribution in [0.5, 0.6) is 11.5 Å². The Morgan fingerprint density at radius 1 is 1.27 bits per heavy atom. The summed E-state index contributed by atoms with van der Waals surface area (Å²) in [5.74, 6) is -0.124. The van der Waals surface area contributed by atoms with Gasteiger partial charge in [-0.15, -0.1) is 6.58 Å². The normalized spacial score (nSPS) is 12.3. The fourth-order valence-electron chi connectivity index (χ4n) is 1.25. The summed E-state index contributed by atoms with van der Waals surface area (Å²) in [5, 5.41) is 31.0. The van der Waals surface area contributed by atoms with Crippen LogP contribution >= 0.6 is 0 Å². The lowest BCUT2D eigenvalue weighted by Crippen LogP contribution is -2.21. The maximum absolute atomic E-state index is 9.68. The van der Waals surface area contributed by atoms with E-state index in [1.807, 2.05) is 0 Å². The van der Waals surface area contributed by atoms with Gasteiger partial charge in [-0.1, -0.05) is 6.08 Å². The molecule has 0 aliphatic carbocycles. The summed E-state index contributed by atoms with van der Waals surface area (Å²) < 4.78 is 0. The molecule has 0 aliphatic rings. The molecule has 1 aromatic rings. The molecule has 0 spiro atoms. The van der Waals surface area contributed by atoms with Crippen LogP contribution in [0, 0.1) is 0 Å². The Hall–Kier alpha value is -1.52. The molecule has 0 saturated heterocycles. The lowest BCUT2D eigenvalue weighted by Gasteiger charge is -2.12. The fourth-order valence-corrected chi connectivity index (χ4v) is 1.25. The van der Waals surface area contributed by atoms with Crippen molar-refractivity contribution in [3.63, 3.8) is 0 Å². The van der Waals surface area contributed by atoms with Gasteiger partial charge in [-0.05, 0) is 17.7 Å². The first-order chi connectivity index (χ1) is 7.13. The number of nitrogens with one attached hydrogen (secondary N) is 1. The van der Waals surface area contributed by atoms with E-state index in [1.54, 1.807) is 6.08 Å². The first-order valence-electron chi connectivity index (χ1n) is 4.66. The number of aromatic hydroxyl groups is 2. The standard InChI is InChI=1S/C11H15NO3/c1-2-3-12-7-11(15)8-4-9(13)6-10(14)5-8/h2,4-6,11-15H,1,3,7H2. The minimum atomic E-state index is -0.761. The molecule has 0 amide bonds. The van der Waals surface area contributed by atoms with Gasteiger partial charge in [0.2, 0.25) is 0 Å². The second kappa shape index (κ2) is 5.38. The molecule has 0 bridgehead atoms. The fraction of sp³-hybridized carbons (Fsp3) is 0.273. The molecule has 82 valence electrons. The highest BCUT2D eigenvalue weighted by atomic mass is 16.3. The van der Waals surface area contributed by atoms with E-state index >= 15 is 0 Å². The van der Waals surface area contributed by atoms with Crippen LogP contribution in [0.4, 0.5) is 0 Å². The Labute approximate surface area is 88.5 Å². The maximum Gasteiger partial charge on any atom is 0.119 e. The van der Waals surface area contributed by atoms with E-state index < -0.39 is 6.10 Å². The number of aliphatic hydroxyl groups excluding tert-OH is 1. The summed E-state index contributed by atoms with van der Waals surface area (Å²) in [6, 6.07) is 4.05. The molecule has 0 aliphatic heterocycles. The lowest BCUT2D eigenvalue weighted by molar-refractivity contribution is 0.175. The molecule has 0 heterocycles. The van der Waals surface area contributed by atoms with Crippen molar-refractivity contribution in [1.82, 2.24) is 5.32 Å². The summed E-state index contributed by atoms with van der Waals surface area (Å²) in [6.45, 7) is 4.48. The Morgan fingerprint density at radius 3 is 2.40 bits per heavy atom. The summed E-state index contributed by atoms with van der Waals surface area (Å²) in [7, 11) is 0. The third-order valence-electron chi connectivity index (χ3n) is 1.94. The highest BCUT2D eigenvalue weighted by Gasteiger charge is 2.08. The van der Waals surface area contributed by atoms with Crippen molar-refractivity contribution in [3.05, 3.63) is 36.4 Å². The van der Waals surface area contributed by atoms with Gasteiger partial charge in [-0.2, -0.15) is 0 Å². The van der Waals surface area contributed by atoms with Gasteiger partial charge in [-0.3, -0.25) is 0 Å². The average molecular weight is 209 g/mol. The van der Waals surface area contributed by atoms with E-state index in [-0.39, 0.29) is 11.5 Å². The first-order valence-corrected chi connectivity index (χ1v) is 4.66. The van der Waals surface area contributed by atoms with E-state index in [0.29, 0.717) is 18.7 Å². The predicted octanol–water partition coefficient (Wildman–Crippen LogP) is 0.907. The van der Waals surface area contributed by atoms with E-state index in [2.05, 4.69) is 11.9 Å². The third-order valence-corrected chi connectivity index (χ3v) is 1.94. The van der Waals surface area contributed by atoms with Crippen LogP contribution in [0.3, 0.4) is 0 Å². The molecule has 15 heavy (non-hydrogen) atoms. The van der Waals surface area contributed by atoms with Gasteiger partial charge >= 0.3 is 0 Å². The molecule has 4 heteroatoms. The van der Waals surface area contributed by atoms with Crippen molar-refractivity contribution in [2.45, 2.75) is 6.10 Å². The Kier molecular flexibility index (Phi) is 4.15. The quantitative estimate of drug-likeness (QED) is 0.429. The molecule has 4 N–H and O–H groups in total. The van der Waals surface area contributed by atoms with Gasteiger partial charge in [0.05, 0.1) is 6.10 Å². The molecule has 0 radical (unpaired) electrons. The van der Waals surface area contributed by atoms with Gasteiger partial charge in [0.1, 0.15) is 11.5 Å². The van der Waals surface area contributed by atoms with Crippen molar-refractivity contribution in [2.24, 2.45) is 0 Å². The Balaban J connectivity index is 2.64. The first kappa shape index (κ1) is 11.6. The van der Waals surface area contributed by atoms with Crippen molar-refractivity contribution >= 4 is 0 Å². The topological polar surface area (TPSA) is 72.7 Å². The van der Waals surface area contributed by atoms with Crippen molar-refractivity contribution in [3.8, 4) is 11.5 Å². The zero-order valence-corrected chi connectivity index (χ0v) is 8.35. The highest BCUT2D eigenvalue weighted by Crippen LogP contribution is 2.24. The largest absolute Gasteiger partial charge is 0.508 e. The maximum atomic E-state index is 9.68. The highest BCUT2D eigenvalue weighted by molar-refractivity contribution is 5.37. The lowest BCUT2D eigenvalue weighted by atomic mass is 10.1. The summed E-state index contributed by atoms with van der Waals surface area (Å²) in [5.41, 5.74) is 0.476. The van der Waals surface area contributed by atoms with Crippen molar-refractivity contribution in [1.29, 1.82) is 0 Å². The van der Waals surface area contributed by atoms with Crippen molar-refractivity contribution in [2.75, 3.05) is 13.1 Å². The second-order valence-electron chi connectivity index (χ2n) is 3.25. The van der Waals surface area contributed by atoms with E-state index in [1.165, 1.54) is 18.2 Å². The molecule has 0 aromatic heterocycles. The van der Waals surface area contributed by atoms with Crippen LogP contribution in [-0.2, 0) is 0 Å². The minimum absolute atomic E-state index is 0.0622. The zero-order chi connectivity index (χ0) is 11.3. The third kappa shape index (κ3) is 3.61. The molecule has 1 unspecified atom stereocenters. The minimum Gasteiger partial charge on any atom is -0.508 e. The van der Waals surface area contributed by atoms with Crippen LogP contribution in [0.1, 0.15) is 11.7 Å². The molecule has 1 rings (SSSR count). The smallest absolute Gasteiger partial charge is 0.119 e. The Bertz CT molecular complexity index is 318. The predicted molar refractivity (Wildman–Crippen MR) is 57.8 cm³/mol. The van der Waals surface area contributed by atoms with Crippen LogP contribution in [0.2, 0.25) is 0 Å². The van der Waals surface area contributed by atoms with Gasteiger partial charge in [0.15, 0.2) is 0 Å². The molecule has 1 aromatic carbocycles. The van der Waals surface area contributed by atoms with E-state index in [9.17, 15) is 15.3 Å². The van der Waals surface area contributed by atoms with Gasteiger partial charge in [0, 0.05) is 19.2 Å². The summed E-state index contributed by atoms with van der Waals surface area (Å²) in [4.78, 5) is 0. The number of aliphatic hydroxyl groups is 1. The van der Waals surface area contributed by atoms with Crippen LogP contribution in [-0.4, -0.2) is 28.4 Å². The van der Waals surface area contributed by atoms with Crippen LogP contribution < -0.4 is 5.32 Å². The summed E-state index contributed by atoms with van der Waals surface area (Å²) in [6.07, 6.45) is 0.926.